The van der Waals surface area contributed by atoms with Crippen LogP contribution in [-0.2, 0) is 10.4 Å². The van der Waals surface area contributed by atoms with Crippen molar-refractivity contribution in [3.05, 3.63) is 33.8 Å². The third kappa shape index (κ3) is 3.83. The van der Waals surface area contributed by atoms with Crippen molar-refractivity contribution >= 4 is 38.8 Å². The molecule has 0 amide bonds. The summed E-state index contributed by atoms with van der Waals surface area (Å²) in [5, 5.41) is 3.59. The first-order chi connectivity index (χ1) is 11.8. The minimum absolute atomic E-state index is 0.292. The predicted octanol–water partition coefficient (Wildman–Crippen LogP) is 5.29. The van der Waals surface area contributed by atoms with Gasteiger partial charge >= 0.3 is 0 Å². The average Bonchev–Trinajstić information content (AvgIpc) is 2.86. The Labute approximate surface area is 164 Å². The fourth-order valence-electron chi connectivity index (χ4n) is 4.15. The number of thiocarbonyl (C=S) groups is 1. The number of hydrogen-bond acceptors (Lipinski definition) is 3. The summed E-state index contributed by atoms with van der Waals surface area (Å²) in [6, 6.07) is 6.44. The first-order valence-electron chi connectivity index (χ1n) is 9.13. The summed E-state index contributed by atoms with van der Waals surface area (Å²) in [6.07, 6.45) is 5.02. The Kier molecular flexibility index (Phi) is 5.66. The zero-order valence-electron chi connectivity index (χ0n) is 15.4. The highest BCUT2D eigenvalue weighted by Gasteiger charge is 2.46. The van der Waals surface area contributed by atoms with Gasteiger partial charge in [-0.2, -0.15) is 0 Å². The highest BCUT2D eigenvalue weighted by atomic mass is 79.9. The third-order valence-corrected chi connectivity index (χ3v) is 6.21. The minimum Gasteiger partial charge on any atom is -0.376 e. The maximum absolute atomic E-state index is 6.04. The summed E-state index contributed by atoms with van der Waals surface area (Å²) < 4.78 is 7.12. The number of halogens is 1. The van der Waals surface area contributed by atoms with Gasteiger partial charge in [-0.1, -0.05) is 34.2 Å². The van der Waals surface area contributed by atoms with Crippen molar-refractivity contribution in [2.75, 3.05) is 0 Å². The molecule has 3 rings (SSSR count). The number of aliphatic imine (C=N–C) groups is 1. The number of hydrogen-bond donors (Lipinski definition) is 1. The molecule has 2 aliphatic rings. The van der Waals surface area contributed by atoms with Crippen LogP contribution in [0.5, 0.6) is 0 Å². The fraction of sp³-hybridized carbons (Fsp3) is 0.600. The lowest BCUT2D eigenvalue weighted by atomic mass is 9.75. The van der Waals surface area contributed by atoms with Gasteiger partial charge in [0.15, 0.2) is 5.66 Å². The maximum atomic E-state index is 6.04. The van der Waals surface area contributed by atoms with Crippen molar-refractivity contribution in [1.82, 2.24) is 5.32 Å². The Hall–Kier alpha value is -0.780. The molecule has 25 heavy (non-hydrogen) atoms. The summed E-state index contributed by atoms with van der Waals surface area (Å²) in [6.45, 7) is 8.40. The van der Waals surface area contributed by atoms with Gasteiger partial charge in [-0.3, -0.25) is 4.99 Å². The zero-order valence-corrected chi connectivity index (χ0v) is 17.8. The van der Waals surface area contributed by atoms with E-state index in [1.54, 1.807) is 0 Å². The third-order valence-electron chi connectivity index (χ3n) is 5.32. The van der Waals surface area contributed by atoms with Crippen LogP contribution >= 0.6 is 28.1 Å². The van der Waals surface area contributed by atoms with Gasteiger partial charge < -0.3 is 10.1 Å². The molecular formula is C20H27BrN2OS. The Morgan fingerprint density at radius 2 is 1.92 bits per heavy atom. The van der Waals surface area contributed by atoms with Gasteiger partial charge in [0.1, 0.15) is 4.99 Å². The summed E-state index contributed by atoms with van der Waals surface area (Å²) in [5.41, 5.74) is 2.99. The number of benzene rings is 1. The van der Waals surface area contributed by atoms with Crippen LogP contribution in [0.1, 0.15) is 57.6 Å². The molecule has 0 spiro atoms. The molecule has 1 aromatic rings. The second-order valence-corrected chi connectivity index (χ2v) is 8.86. The van der Waals surface area contributed by atoms with E-state index in [0.717, 1.165) is 40.9 Å². The van der Waals surface area contributed by atoms with Gasteiger partial charge in [-0.15, -0.1) is 0 Å². The van der Waals surface area contributed by atoms with Crippen molar-refractivity contribution in [3.63, 3.8) is 0 Å². The molecule has 1 aliphatic heterocycles. The predicted molar refractivity (Wildman–Crippen MR) is 111 cm³/mol. The van der Waals surface area contributed by atoms with E-state index >= 15 is 0 Å². The smallest absolute Gasteiger partial charge is 0.159 e. The first kappa shape index (κ1) is 19.0. The van der Waals surface area contributed by atoms with Crippen molar-refractivity contribution in [1.29, 1.82) is 0 Å². The lowest BCUT2D eigenvalue weighted by Gasteiger charge is -2.41. The van der Waals surface area contributed by atoms with Gasteiger partial charge in [-0.05, 0) is 71.1 Å². The summed E-state index contributed by atoms with van der Waals surface area (Å²) in [7, 11) is 0. The topological polar surface area (TPSA) is 33.6 Å². The molecule has 1 atom stereocenters. The zero-order chi connectivity index (χ0) is 18.2. The largest absolute Gasteiger partial charge is 0.376 e. The van der Waals surface area contributed by atoms with Crippen LogP contribution < -0.4 is 5.32 Å². The number of ether oxygens (including phenoxy) is 1. The quantitative estimate of drug-likeness (QED) is 0.669. The van der Waals surface area contributed by atoms with E-state index in [9.17, 15) is 0 Å². The summed E-state index contributed by atoms with van der Waals surface area (Å²) in [5.74, 6) is 0.419. The lowest BCUT2D eigenvalue weighted by Crippen LogP contribution is -2.47. The Morgan fingerprint density at radius 3 is 2.48 bits per heavy atom. The molecule has 1 fully saturated rings. The molecular weight excluding hydrogens is 396 g/mol. The Bertz CT molecular complexity index is 695. The molecule has 1 aliphatic carbocycles. The number of nitrogens with zero attached hydrogens (tertiary/aromatic N) is 1. The molecule has 3 nitrogen and oxygen atoms in total. The van der Waals surface area contributed by atoms with Crippen molar-refractivity contribution in [2.24, 2.45) is 10.9 Å². The van der Waals surface area contributed by atoms with Crippen LogP contribution in [0, 0.1) is 12.8 Å². The molecule has 1 unspecified atom stereocenters. The molecule has 1 aromatic carbocycles. The fourth-order valence-corrected chi connectivity index (χ4v) is 4.72. The van der Waals surface area contributed by atoms with E-state index in [4.69, 9.17) is 21.9 Å². The average molecular weight is 423 g/mol. The van der Waals surface area contributed by atoms with Crippen molar-refractivity contribution in [2.45, 2.75) is 71.2 Å². The SMILES string of the molecule is CC1=NC(c2cc(Br)ccc2C)(C2CCC(OC(C)C)CC2)NC1=S. The van der Waals surface area contributed by atoms with E-state index < -0.39 is 5.66 Å². The monoisotopic (exact) mass is 422 g/mol. The Balaban J connectivity index is 1.93. The molecule has 5 heteroatoms. The normalized spacial score (nSPS) is 29.7. The molecule has 136 valence electrons. The van der Waals surface area contributed by atoms with Gasteiger partial charge in [0.05, 0.1) is 17.9 Å². The van der Waals surface area contributed by atoms with E-state index in [0.29, 0.717) is 18.1 Å². The number of aryl methyl sites for hydroxylation is 1. The van der Waals surface area contributed by atoms with Crippen LogP contribution in [0.4, 0.5) is 0 Å². The van der Waals surface area contributed by atoms with Crippen molar-refractivity contribution < 1.29 is 4.74 Å². The van der Waals surface area contributed by atoms with Gasteiger partial charge in [0.2, 0.25) is 0 Å². The van der Waals surface area contributed by atoms with Crippen LogP contribution in [0.3, 0.4) is 0 Å². The molecule has 1 saturated carbocycles. The molecule has 1 heterocycles. The number of nitrogens with one attached hydrogen (secondary N) is 1. The van der Waals surface area contributed by atoms with Crippen LogP contribution in [0.25, 0.3) is 0 Å². The van der Waals surface area contributed by atoms with Crippen molar-refractivity contribution in [3.8, 4) is 0 Å². The highest BCUT2D eigenvalue weighted by Crippen LogP contribution is 2.44. The summed E-state index contributed by atoms with van der Waals surface area (Å²) in [4.78, 5) is 5.86. The first-order valence-corrected chi connectivity index (χ1v) is 10.3. The maximum Gasteiger partial charge on any atom is 0.159 e. The van der Waals surface area contributed by atoms with E-state index in [1.165, 1.54) is 11.1 Å². The Morgan fingerprint density at radius 1 is 1.24 bits per heavy atom. The van der Waals surface area contributed by atoms with Crippen LogP contribution in [-0.4, -0.2) is 22.9 Å². The molecule has 0 radical (unpaired) electrons. The van der Waals surface area contributed by atoms with Crippen LogP contribution in [0.15, 0.2) is 27.7 Å². The van der Waals surface area contributed by atoms with E-state index in [-0.39, 0.29) is 0 Å². The lowest BCUT2D eigenvalue weighted by molar-refractivity contribution is -0.0273. The molecule has 1 N–H and O–H groups in total. The van der Waals surface area contributed by atoms with Gasteiger partial charge in [0.25, 0.3) is 0 Å². The van der Waals surface area contributed by atoms with Gasteiger partial charge in [0, 0.05) is 16.0 Å². The number of rotatable bonds is 4. The standard InChI is InChI=1S/C20H27BrN2OS/c1-12(2)24-17-9-6-15(7-10-17)20(22-14(4)19(25)23-20)18-11-16(21)8-5-13(18)3/h5,8,11-12,15,17H,6-7,9-10H2,1-4H3,(H,23,25). The molecule has 0 saturated heterocycles. The van der Waals surface area contributed by atoms with E-state index in [2.05, 4.69) is 60.2 Å². The minimum atomic E-state index is -0.433. The second kappa shape index (κ2) is 7.45. The molecule has 0 bridgehead atoms. The highest BCUT2D eigenvalue weighted by molar-refractivity contribution is 9.10. The summed E-state index contributed by atoms with van der Waals surface area (Å²) >= 11 is 9.17. The van der Waals surface area contributed by atoms with Crippen LogP contribution in [0.2, 0.25) is 0 Å². The second-order valence-electron chi connectivity index (χ2n) is 7.54. The molecule has 0 aromatic heterocycles. The van der Waals surface area contributed by atoms with E-state index in [1.807, 2.05) is 6.92 Å². The van der Waals surface area contributed by atoms with Gasteiger partial charge in [-0.25, -0.2) is 0 Å².